The summed E-state index contributed by atoms with van der Waals surface area (Å²) in [5, 5.41) is 9.72. The first kappa shape index (κ1) is 12.9. The smallest absolute Gasteiger partial charge is 0.0837 e. The van der Waals surface area contributed by atoms with Crippen molar-refractivity contribution in [1.29, 1.82) is 0 Å². The van der Waals surface area contributed by atoms with E-state index in [1.807, 2.05) is 0 Å². The van der Waals surface area contributed by atoms with Crippen LogP contribution < -0.4 is 0 Å². The van der Waals surface area contributed by atoms with E-state index in [2.05, 4.69) is 13.8 Å². The molecule has 0 bridgehead atoms. The zero-order valence-electron chi connectivity index (χ0n) is 9.95. The molecule has 0 heterocycles. The van der Waals surface area contributed by atoms with Crippen LogP contribution in [0.3, 0.4) is 0 Å². The van der Waals surface area contributed by atoms with Crippen LogP contribution in [0.5, 0.6) is 0 Å². The third kappa shape index (κ3) is 4.96. The summed E-state index contributed by atoms with van der Waals surface area (Å²) in [6.45, 7) is 6.36. The maximum Gasteiger partial charge on any atom is 0.0837 e. The summed E-state index contributed by atoms with van der Waals surface area (Å²) in [6, 6.07) is 0. The van der Waals surface area contributed by atoms with Crippen LogP contribution in [0.25, 0.3) is 0 Å². The monoisotopic (exact) mass is 216 g/mol. The molecule has 15 heavy (non-hydrogen) atoms. The molecule has 3 atom stereocenters. The van der Waals surface area contributed by atoms with Gasteiger partial charge in [0.2, 0.25) is 0 Å². The van der Waals surface area contributed by atoms with Crippen molar-refractivity contribution in [3.05, 3.63) is 0 Å². The van der Waals surface area contributed by atoms with Crippen molar-refractivity contribution >= 4 is 0 Å². The maximum atomic E-state index is 9.72. The van der Waals surface area contributed by atoms with Crippen LogP contribution in [-0.4, -0.2) is 37.1 Å². The second-order valence-corrected chi connectivity index (χ2v) is 4.51. The summed E-state index contributed by atoms with van der Waals surface area (Å²) in [5.74, 6) is 0.676. The first-order valence-corrected chi connectivity index (χ1v) is 6.11. The van der Waals surface area contributed by atoms with Gasteiger partial charge in [0.25, 0.3) is 0 Å². The molecular weight excluding hydrogens is 192 g/mol. The lowest BCUT2D eigenvalue weighted by Gasteiger charge is -2.31. The molecule has 1 fully saturated rings. The molecule has 0 aromatic rings. The minimum atomic E-state index is -0.271. The van der Waals surface area contributed by atoms with Crippen molar-refractivity contribution in [2.24, 2.45) is 5.92 Å². The van der Waals surface area contributed by atoms with Crippen molar-refractivity contribution in [2.75, 3.05) is 19.8 Å². The van der Waals surface area contributed by atoms with Crippen LogP contribution in [0, 0.1) is 5.92 Å². The topological polar surface area (TPSA) is 38.7 Å². The summed E-state index contributed by atoms with van der Waals surface area (Å²) in [4.78, 5) is 0. The van der Waals surface area contributed by atoms with E-state index in [-0.39, 0.29) is 12.2 Å². The number of rotatable bonds is 6. The average Bonchev–Trinajstić information content (AvgIpc) is 2.23. The first-order chi connectivity index (χ1) is 7.24. The number of ether oxygens (including phenoxy) is 2. The fourth-order valence-corrected chi connectivity index (χ4v) is 2.00. The molecule has 0 aromatic heterocycles. The molecule has 1 aliphatic rings. The van der Waals surface area contributed by atoms with Crippen molar-refractivity contribution in [1.82, 2.24) is 0 Å². The van der Waals surface area contributed by atoms with Gasteiger partial charge in [-0.1, -0.05) is 13.8 Å². The van der Waals surface area contributed by atoms with Crippen LogP contribution in [0.1, 0.15) is 39.5 Å². The third-order valence-electron chi connectivity index (χ3n) is 2.93. The zero-order chi connectivity index (χ0) is 11.1. The van der Waals surface area contributed by atoms with Gasteiger partial charge in [0, 0.05) is 6.61 Å². The predicted molar refractivity (Wildman–Crippen MR) is 59.9 cm³/mol. The Morgan fingerprint density at radius 3 is 2.73 bits per heavy atom. The number of aliphatic hydroxyl groups is 1. The summed E-state index contributed by atoms with van der Waals surface area (Å²) in [5.41, 5.74) is 0. The third-order valence-corrected chi connectivity index (χ3v) is 2.93. The highest BCUT2D eigenvalue weighted by atomic mass is 16.5. The van der Waals surface area contributed by atoms with Gasteiger partial charge in [0.15, 0.2) is 0 Å². The van der Waals surface area contributed by atoms with Crippen molar-refractivity contribution in [2.45, 2.75) is 51.7 Å². The Kier molecular flexibility index (Phi) is 6.22. The fraction of sp³-hybridized carbons (Fsp3) is 1.00. The Morgan fingerprint density at radius 2 is 2.00 bits per heavy atom. The van der Waals surface area contributed by atoms with Crippen LogP contribution >= 0.6 is 0 Å². The molecule has 3 heteroatoms. The largest absolute Gasteiger partial charge is 0.390 e. The Bertz CT molecular complexity index is 161. The van der Waals surface area contributed by atoms with E-state index in [0.29, 0.717) is 19.1 Å². The van der Waals surface area contributed by atoms with Gasteiger partial charge >= 0.3 is 0 Å². The van der Waals surface area contributed by atoms with Crippen molar-refractivity contribution < 1.29 is 14.6 Å². The van der Waals surface area contributed by atoms with Gasteiger partial charge in [0.1, 0.15) is 0 Å². The lowest BCUT2D eigenvalue weighted by atomic mass is 9.86. The zero-order valence-corrected chi connectivity index (χ0v) is 9.95. The molecule has 0 aromatic carbocycles. The molecule has 1 rings (SSSR count). The number of hydrogen-bond acceptors (Lipinski definition) is 3. The molecule has 3 unspecified atom stereocenters. The summed E-state index contributed by atoms with van der Waals surface area (Å²) in [7, 11) is 0. The lowest BCUT2D eigenvalue weighted by Crippen LogP contribution is -2.36. The first-order valence-electron chi connectivity index (χ1n) is 6.11. The minimum absolute atomic E-state index is 0.0268. The summed E-state index contributed by atoms with van der Waals surface area (Å²) >= 11 is 0. The normalized spacial score (nSPS) is 31.8. The highest BCUT2D eigenvalue weighted by Gasteiger charge is 2.27. The Balaban J connectivity index is 2.08. The minimum Gasteiger partial charge on any atom is -0.390 e. The molecule has 1 aliphatic carbocycles. The fourth-order valence-electron chi connectivity index (χ4n) is 2.00. The Labute approximate surface area is 92.8 Å². The van der Waals surface area contributed by atoms with E-state index in [1.165, 1.54) is 0 Å². The van der Waals surface area contributed by atoms with Gasteiger partial charge in [0.05, 0.1) is 25.4 Å². The second-order valence-electron chi connectivity index (χ2n) is 4.51. The van der Waals surface area contributed by atoms with Crippen molar-refractivity contribution in [3.63, 3.8) is 0 Å². The Hall–Kier alpha value is -0.120. The highest BCUT2D eigenvalue weighted by molar-refractivity contribution is 4.78. The summed E-state index contributed by atoms with van der Waals surface area (Å²) in [6.07, 6.45) is 3.78. The van der Waals surface area contributed by atoms with E-state index in [4.69, 9.17) is 9.47 Å². The van der Waals surface area contributed by atoms with E-state index in [1.54, 1.807) is 0 Å². The van der Waals surface area contributed by atoms with Gasteiger partial charge in [-0.3, -0.25) is 0 Å². The quantitative estimate of drug-likeness (QED) is 0.690. The van der Waals surface area contributed by atoms with E-state index in [0.717, 1.165) is 32.3 Å². The molecule has 90 valence electrons. The molecular formula is C12H24O3. The van der Waals surface area contributed by atoms with E-state index < -0.39 is 0 Å². The number of aliphatic hydroxyl groups excluding tert-OH is 1. The lowest BCUT2D eigenvalue weighted by molar-refractivity contribution is -0.0825. The molecule has 1 saturated carbocycles. The van der Waals surface area contributed by atoms with Crippen LogP contribution in [0.2, 0.25) is 0 Å². The molecule has 0 spiro atoms. The van der Waals surface area contributed by atoms with E-state index >= 15 is 0 Å². The van der Waals surface area contributed by atoms with Gasteiger partial charge in [-0.05, 0) is 31.6 Å². The highest BCUT2D eigenvalue weighted by Crippen LogP contribution is 2.26. The van der Waals surface area contributed by atoms with Gasteiger partial charge < -0.3 is 14.6 Å². The van der Waals surface area contributed by atoms with Crippen LogP contribution in [-0.2, 0) is 9.47 Å². The average molecular weight is 216 g/mol. The van der Waals surface area contributed by atoms with Gasteiger partial charge in [-0.2, -0.15) is 0 Å². The summed E-state index contributed by atoms with van der Waals surface area (Å²) < 4.78 is 11.0. The molecule has 3 nitrogen and oxygen atoms in total. The SMILES string of the molecule is CCCOCCOC1CC(C)CCC1O. The molecule has 1 N–H and O–H groups in total. The number of hydrogen-bond donors (Lipinski definition) is 1. The molecule has 0 radical (unpaired) electrons. The van der Waals surface area contributed by atoms with Crippen molar-refractivity contribution in [3.8, 4) is 0 Å². The second kappa shape index (κ2) is 7.20. The van der Waals surface area contributed by atoms with Gasteiger partial charge in [-0.15, -0.1) is 0 Å². The standard InChI is InChI=1S/C12H24O3/c1-3-6-14-7-8-15-12-9-10(2)4-5-11(12)13/h10-13H,3-9H2,1-2H3. The molecule has 0 amide bonds. The van der Waals surface area contributed by atoms with Crippen LogP contribution in [0.15, 0.2) is 0 Å². The van der Waals surface area contributed by atoms with Gasteiger partial charge in [-0.25, -0.2) is 0 Å². The van der Waals surface area contributed by atoms with Crippen LogP contribution in [0.4, 0.5) is 0 Å². The molecule has 0 saturated heterocycles. The Morgan fingerprint density at radius 1 is 1.20 bits per heavy atom. The predicted octanol–water partition coefficient (Wildman–Crippen LogP) is 1.98. The maximum absolute atomic E-state index is 9.72. The van der Waals surface area contributed by atoms with E-state index in [9.17, 15) is 5.11 Å². The molecule has 0 aliphatic heterocycles.